The third kappa shape index (κ3) is 4.42. The summed E-state index contributed by atoms with van der Waals surface area (Å²) >= 11 is 1.23. The average molecular weight is 400 g/mol. The minimum absolute atomic E-state index is 0.0184. The number of hydrogen-bond donors (Lipinski definition) is 1. The fourth-order valence-electron chi connectivity index (χ4n) is 2.98. The second-order valence-corrected chi connectivity index (χ2v) is 9.60. The summed E-state index contributed by atoms with van der Waals surface area (Å²) in [4.78, 5) is 28.3. The monoisotopic (exact) mass is 400 g/mol. The molecule has 0 radical (unpaired) electrons. The van der Waals surface area contributed by atoms with Gasteiger partial charge in [-0.25, -0.2) is 12.8 Å². The van der Waals surface area contributed by atoms with E-state index in [4.69, 9.17) is 5.11 Å². The van der Waals surface area contributed by atoms with E-state index in [-0.39, 0.29) is 41.5 Å². The topological polar surface area (TPSA) is 104 Å². The molecule has 2 atom stereocenters. The number of amides is 1. The Kier molecular flexibility index (Phi) is 5.33. The molecule has 1 amide bonds. The van der Waals surface area contributed by atoms with Gasteiger partial charge < -0.3 is 10.0 Å². The summed E-state index contributed by atoms with van der Waals surface area (Å²) in [5.41, 5.74) is 0.766. The summed E-state index contributed by atoms with van der Waals surface area (Å²) in [6.45, 7) is 0.301. The number of fused-ring (bicyclic) bond motifs is 1. The number of carboxylic acid groups (broad SMARTS) is 1. The van der Waals surface area contributed by atoms with Crippen molar-refractivity contribution in [2.45, 2.75) is 30.7 Å². The summed E-state index contributed by atoms with van der Waals surface area (Å²) in [7, 11) is -3.15. The van der Waals surface area contributed by atoms with E-state index in [1.807, 2.05) is 0 Å². The highest BCUT2D eigenvalue weighted by Crippen LogP contribution is 2.39. The van der Waals surface area contributed by atoms with Crippen LogP contribution in [0.2, 0.25) is 0 Å². The highest BCUT2D eigenvalue weighted by Gasteiger charge is 2.48. The van der Waals surface area contributed by atoms with Crippen LogP contribution in [0.25, 0.3) is 0 Å². The Bertz CT molecular complexity index is 854. The quantitative estimate of drug-likeness (QED) is 0.794. The van der Waals surface area contributed by atoms with Crippen LogP contribution in [0.3, 0.4) is 0 Å². The number of carbonyl (C=O) groups is 2. The van der Waals surface area contributed by atoms with Gasteiger partial charge >= 0.3 is 5.97 Å². The van der Waals surface area contributed by atoms with E-state index in [9.17, 15) is 22.4 Å². The zero-order valence-electron chi connectivity index (χ0n) is 13.7. The van der Waals surface area contributed by atoms with Crippen molar-refractivity contribution in [2.24, 2.45) is 4.99 Å². The van der Waals surface area contributed by atoms with Gasteiger partial charge in [0.1, 0.15) is 5.82 Å². The first-order valence-corrected chi connectivity index (χ1v) is 10.6. The van der Waals surface area contributed by atoms with Gasteiger partial charge in [-0.15, -0.1) is 0 Å². The van der Waals surface area contributed by atoms with Crippen molar-refractivity contribution in [3.05, 3.63) is 35.6 Å². The number of aliphatic imine (C=N–C) groups is 1. The molecule has 0 spiro atoms. The Hall–Kier alpha value is -1.94. The second-order valence-electron chi connectivity index (χ2n) is 6.24. The molecule has 0 aliphatic carbocycles. The van der Waals surface area contributed by atoms with Crippen LogP contribution in [0, 0.1) is 5.82 Å². The first kappa shape index (κ1) is 18.8. The van der Waals surface area contributed by atoms with Crippen molar-refractivity contribution in [1.29, 1.82) is 0 Å². The summed E-state index contributed by atoms with van der Waals surface area (Å²) in [5.74, 6) is -2.01. The van der Waals surface area contributed by atoms with Gasteiger partial charge in [-0.1, -0.05) is 23.9 Å². The maximum absolute atomic E-state index is 13.1. The number of amidine groups is 1. The fraction of sp³-hybridized carbons (Fsp3) is 0.438. The zero-order chi connectivity index (χ0) is 18.9. The van der Waals surface area contributed by atoms with Gasteiger partial charge in [0.05, 0.1) is 24.0 Å². The molecule has 2 fully saturated rings. The summed E-state index contributed by atoms with van der Waals surface area (Å²) in [6, 6.07) is 5.52. The molecule has 2 saturated heterocycles. The predicted octanol–water partition coefficient (Wildman–Crippen LogP) is 1.29. The van der Waals surface area contributed by atoms with E-state index >= 15 is 0 Å². The van der Waals surface area contributed by atoms with Gasteiger partial charge in [0, 0.05) is 18.2 Å². The minimum Gasteiger partial charge on any atom is -0.481 e. The van der Waals surface area contributed by atoms with Gasteiger partial charge in [0.2, 0.25) is 5.91 Å². The normalized spacial score (nSPS) is 25.4. The predicted molar refractivity (Wildman–Crippen MR) is 95.1 cm³/mol. The van der Waals surface area contributed by atoms with Crippen LogP contribution in [0.15, 0.2) is 29.3 Å². The third-order valence-electron chi connectivity index (χ3n) is 4.21. The number of halogens is 1. The Balaban J connectivity index is 1.82. The molecular weight excluding hydrogens is 383 g/mol. The molecule has 10 heteroatoms. The maximum Gasteiger partial charge on any atom is 0.303 e. The molecule has 0 bridgehead atoms. The van der Waals surface area contributed by atoms with Crippen molar-refractivity contribution in [1.82, 2.24) is 4.90 Å². The highest BCUT2D eigenvalue weighted by atomic mass is 32.2. The average Bonchev–Trinajstić information content (AvgIpc) is 3.00. The smallest absolute Gasteiger partial charge is 0.303 e. The lowest BCUT2D eigenvalue weighted by Crippen LogP contribution is -2.37. The fourth-order valence-corrected chi connectivity index (χ4v) is 6.95. The molecule has 0 aromatic heterocycles. The molecule has 2 aliphatic rings. The molecular formula is C16H17FN2O5S2. The van der Waals surface area contributed by atoms with Gasteiger partial charge in [0.25, 0.3) is 0 Å². The van der Waals surface area contributed by atoms with Gasteiger partial charge in [-0.3, -0.25) is 9.59 Å². The number of sulfone groups is 1. The molecule has 0 unspecified atom stereocenters. The standard InChI is InChI=1S/C16H17FN2O5S2/c17-11-3-1-10(2-4-11)7-19-12-8-26(23,24)9-13(12)25-16(19)18-14(20)5-6-15(21)22/h1-4,12-13H,5-9H2,(H,21,22)/t12-,13-/m0/s1. The number of nitrogens with zero attached hydrogens (tertiary/aromatic N) is 2. The molecule has 7 nitrogen and oxygen atoms in total. The first-order valence-electron chi connectivity index (χ1n) is 7.95. The molecule has 3 rings (SSSR count). The lowest BCUT2D eigenvalue weighted by molar-refractivity contribution is -0.138. The van der Waals surface area contributed by atoms with Crippen LogP contribution in [0.1, 0.15) is 18.4 Å². The van der Waals surface area contributed by atoms with Crippen molar-refractivity contribution in [3.63, 3.8) is 0 Å². The van der Waals surface area contributed by atoms with Crippen LogP contribution < -0.4 is 0 Å². The van der Waals surface area contributed by atoms with E-state index in [2.05, 4.69) is 4.99 Å². The summed E-state index contributed by atoms with van der Waals surface area (Å²) in [5, 5.41) is 8.85. The van der Waals surface area contributed by atoms with Crippen molar-refractivity contribution < 1.29 is 27.5 Å². The third-order valence-corrected chi connectivity index (χ3v) is 7.46. The van der Waals surface area contributed by atoms with Gasteiger partial charge in [0.15, 0.2) is 15.0 Å². The van der Waals surface area contributed by atoms with E-state index < -0.39 is 21.7 Å². The molecule has 2 aliphatic heterocycles. The molecule has 26 heavy (non-hydrogen) atoms. The number of hydrogen-bond acceptors (Lipinski definition) is 5. The van der Waals surface area contributed by atoms with Crippen LogP contribution in [0.4, 0.5) is 4.39 Å². The Labute approximate surface area is 154 Å². The number of aliphatic carboxylic acids is 1. The number of benzene rings is 1. The Morgan fingerprint density at radius 1 is 1.23 bits per heavy atom. The number of rotatable bonds is 5. The van der Waals surface area contributed by atoms with Gasteiger partial charge in [-0.05, 0) is 17.7 Å². The summed E-state index contributed by atoms with van der Waals surface area (Å²) < 4.78 is 37.0. The largest absolute Gasteiger partial charge is 0.481 e. The van der Waals surface area contributed by atoms with E-state index in [0.717, 1.165) is 5.56 Å². The zero-order valence-corrected chi connectivity index (χ0v) is 15.3. The van der Waals surface area contributed by atoms with E-state index in [1.54, 1.807) is 17.0 Å². The molecule has 1 aromatic rings. The number of carbonyl (C=O) groups excluding carboxylic acids is 1. The van der Waals surface area contributed by atoms with Crippen LogP contribution in [-0.4, -0.2) is 58.3 Å². The SMILES string of the molecule is O=C(O)CCC(=O)N=C1S[C@H]2CS(=O)(=O)C[C@@H]2N1Cc1ccc(F)cc1. The molecule has 1 aromatic carbocycles. The van der Waals surface area contributed by atoms with Crippen LogP contribution >= 0.6 is 11.8 Å². The number of thioether (sulfide) groups is 1. The molecule has 140 valence electrons. The first-order chi connectivity index (χ1) is 12.2. The molecule has 2 heterocycles. The lowest BCUT2D eigenvalue weighted by Gasteiger charge is -2.24. The second kappa shape index (κ2) is 7.36. The van der Waals surface area contributed by atoms with Crippen molar-refractivity contribution in [2.75, 3.05) is 11.5 Å². The van der Waals surface area contributed by atoms with Crippen molar-refractivity contribution in [3.8, 4) is 0 Å². The molecule has 0 saturated carbocycles. The number of carboxylic acids is 1. The highest BCUT2D eigenvalue weighted by molar-refractivity contribution is 8.15. The van der Waals surface area contributed by atoms with Crippen molar-refractivity contribution >= 4 is 38.6 Å². The van der Waals surface area contributed by atoms with Gasteiger partial charge in [-0.2, -0.15) is 4.99 Å². The summed E-state index contributed by atoms with van der Waals surface area (Å²) in [6.07, 6.45) is -0.517. The van der Waals surface area contributed by atoms with E-state index in [0.29, 0.717) is 11.7 Å². The lowest BCUT2D eigenvalue weighted by atomic mass is 10.1. The molecule has 1 N–H and O–H groups in total. The van der Waals surface area contributed by atoms with E-state index in [1.165, 1.54) is 23.9 Å². The Morgan fingerprint density at radius 3 is 2.58 bits per heavy atom. The minimum atomic E-state index is -3.15. The van der Waals surface area contributed by atoms with Crippen LogP contribution in [-0.2, 0) is 26.0 Å². The Morgan fingerprint density at radius 2 is 1.92 bits per heavy atom. The maximum atomic E-state index is 13.1. The van der Waals surface area contributed by atoms with Crippen LogP contribution in [0.5, 0.6) is 0 Å².